The number of aromatic nitrogens is 1. The highest BCUT2D eigenvalue weighted by atomic mass is 79.9. The van der Waals surface area contributed by atoms with Gasteiger partial charge in [-0.25, -0.2) is 0 Å². The highest BCUT2D eigenvalue weighted by Gasteiger charge is 2.10. The molecule has 0 fully saturated rings. The summed E-state index contributed by atoms with van der Waals surface area (Å²) >= 11 is 4.84. The Kier molecular flexibility index (Phi) is 3.31. The Hall–Kier alpha value is -1.72. The number of hydrogen-bond acceptors (Lipinski definition) is 3. The quantitative estimate of drug-likeness (QED) is 0.759. The number of amides is 1. The molecule has 0 spiro atoms. The lowest BCUT2D eigenvalue weighted by atomic mass is 10.1. The van der Waals surface area contributed by atoms with Crippen molar-refractivity contribution in [3.8, 4) is 0 Å². The van der Waals surface area contributed by atoms with Gasteiger partial charge < -0.3 is 5.32 Å². The van der Waals surface area contributed by atoms with Gasteiger partial charge in [0.1, 0.15) is 4.88 Å². The third-order valence-electron chi connectivity index (χ3n) is 2.78. The maximum atomic E-state index is 12.1. The van der Waals surface area contributed by atoms with Crippen LogP contribution in [0.2, 0.25) is 0 Å². The molecule has 5 heteroatoms. The van der Waals surface area contributed by atoms with Crippen molar-refractivity contribution in [1.82, 2.24) is 4.98 Å². The topological polar surface area (TPSA) is 42.0 Å². The Morgan fingerprint density at radius 3 is 2.68 bits per heavy atom. The third-order valence-corrected chi connectivity index (χ3v) is 4.24. The summed E-state index contributed by atoms with van der Waals surface area (Å²) in [5, 5.41) is 5.01. The SMILES string of the molecule is O=C(Nc1ccc(Br)c2ccccc12)c1cncs1. The van der Waals surface area contributed by atoms with Crippen LogP contribution in [0.1, 0.15) is 9.67 Å². The maximum Gasteiger partial charge on any atom is 0.267 e. The van der Waals surface area contributed by atoms with E-state index in [0.29, 0.717) is 4.88 Å². The van der Waals surface area contributed by atoms with E-state index in [1.807, 2.05) is 36.4 Å². The fourth-order valence-electron chi connectivity index (χ4n) is 1.88. The predicted molar refractivity (Wildman–Crippen MR) is 81.7 cm³/mol. The van der Waals surface area contributed by atoms with Crippen molar-refractivity contribution in [2.45, 2.75) is 0 Å². The Morgan fingerprint density at radius 2 is 1.95 bits per heavy atom. The van der Waals surface area contributed by atoms with Crippen LogP contribution in [0, 0.1) is 0 Å². The number of hydrogen-bond donors (Lipinski definition) is 1. The minimum absolute atomic E-state index is 0.130. The number of carbonyl (C=O) groups excluding carboxylic acids is 1. The van der Waals surface area contributed by atoms with E-state index in [0.717, 1.165) is 20.9 Å². The van der Waals surface area contributed by atoms with Crippen molar-refractivity contribution < 1.29 is 4.79 Å². The number of fused-ring (bicyclic) bond motifs is 1. The molecule has 1 heterocycles. The molecular weight excluding hydrogens is 324 g/mol. The molecule has 0 aliphatic rings. The number of carbonyl (C=O) groups is 1. The van der Waals surface area contributed by atoms with E-state index < -0.39 is 0 Å². The lowest BCUT2D eigenvalue weighted by Crippen LogP contribution is -2.10. The van der Waals surface area contributed by atoms with E-state index in [2.05, 4.69) is 26.2 Å². The van der Waals surface area contributed by atoms with Gasteiger partial charge in [-0.1, -0.05) is 40.2 Å². The Labute approximate surface area is 122 Å². The molecule has 3 rings (SSSR count). The summed E-state index contributed by atoms with van der Waals surface area (Å²) < 4.78 is 1.01. The van der Waals surface area contributed by atoms with Crippen LogP contribution in [0.3, 0.4) is 0 Å². The summed E-state index contributed by atoms with van der Waals surface area (Å²) in [5.41, 5.74) is 2.45. The van der Waals surface area contributed by atoms with Crippen LogP contribution in [0.4, 0.5) is 5.69 Å². The summed E-state index contributed by atoms with van der Waals surface area (Å²) in [7, 11) is 0. The fraction of sp³-hybridized carbons (Fsp3) is 0. The first-order valence-electron chi connectivity index (χ1n) is 5.63. The van der Waals surface area contributed by atoms with Crippen LogP contribution in [0.5, 0.6) is 0 Å². The molecule has 1 amide bonds. The molecule has 0 radical (unpaired) electrons. The van der Waals surface area contributed by atoms with E-state index in [9.17, 15) is 4.79 Å². The van der Waals surface area contributed by atoms with Crippen LogP contribution < -0.4 is 5.32 Å². The van der Waals surface area contributed by atoms with E-state index in [1.54, 1.807) is 11.7 Å². The van der Waals surface area contributed by atoms with Gasteiger partial charge in [-0.05, 0) is 17.5 Å². The highest BCUT2D eigenvalue weighted by molar-refractivity contribution is 9.10. The monoisotopic (exact) mass is 332 g/mol. The smallest absolute Gasteiger partial charge is 0.267 e. The van der Waals surface area contributed by atoms with E-state index in [1.165, 1.54) is 11.3 Å². The summed E-state index contributed by atoms with van der Waals surface area (Å²) in [4.78, 5) is 16.6. The zero-order chi connectivity index (χ0) is 13.2. The number of nitrogens with zero attached hydrogens (tertiary/aromatic N) is 1. The van der Waals surface area contributed by atoms with Crippen molar-refractivity contribution in [3.63, 3.8) is 0 Å². The molecule has 1 N–H and O–H groups in total. The number of benzene rings is 2. The van der Waals surface area contributed by atoms with Gasteiger partial charge in [0, 0.05) is 15.5 Å². The molecule has 2 aromatic carbocycles. The summed E-state index contributed by atoms with van der Waals surface area (Å²) in [6.07, 6.45) is 1.57. The standard InChI is InChI=1S/C14H9BrN2OS/c15-11-5-6-12(10-4-2-1-3-9(10)11)17-14(18)13-7-16-8-19-13/h1-8H,(H,17,18). The second-order valence-electron chi connectivity index (χ2n) is 3.96. The zero-order valence-corrected chi connectivity index (χ0v) is 12.2. The normalized spacial score (nSPS) is 10.6. The highest BCUT2D eigenvalue weighted by Crippen LogP contribution is 2.30. The Morgan fingerprint density at radius 1 is 1.16 bits per heavy atom. The van der Waals surface area contributed by atoms with Crippen LogP contribution in [0.15, 0.2) is 52.6 Å². The van der Waals surface area contributed by atoms with Crippen molar-refractivity contribution >= 4 is 49.6 Å². The molecule has 3 nitrogen and oxygen atoms in total. The number of nitrogens with one attached hydrogen (secondary N) is 1. The lowest BCUT2D eigenvalue weighted by Gasteiger charge is -2.09. The van der Waals surface area contributed by atoms with Gasteiger partial charge in [0.2, 0.25) is 0 Å². The molecule has 0 unspecified atom stereocenters. The molecule has 0 aliphatic carbocycles. The largest absolute Gasteiger partial charge is 0.321 e. The predicted octanol–water partition coefficient (Wildman–Crippen LogP) is 4.31. The van der Waals surface area contributed by atoms with Crippen LogP contribution in [0.25, 0.3) is 10.8 Å². The minimum atomic E-state index is -0.130. The number of thiazole rings is 1. The van der Waals surface area contributed by atoms with Crippen molar-refractivity contribution in [2.75, 3.05) is 5.32 Å². The van der Waals surface area contributed by atoms with Gasteiger partial charge >= 0.3 is 0 Å². The van der Waals surface area contributed by atoms with E-state index in [4.69, 9.17) is 0 Å². The van der Waals surface area contributed by atoms with Crippen LogP contribution in [-0.2, 0) is 0 Å². The average molecular weight is 333 g/mol. The lowest BCUT2D eigenvalue weighted by molar-refractivity contribution is 0.103. The molecule has 94 valence electrons. The minimum Gasteiger partial charge on any atom is -0.321 e. The van der Waals surface area contributed by atoms with Gasteiger partial charge in [-0.2, -0.15) is 0 Å². The molecular formula is C14H9BrN2OS. The average Bonchev–Trinajstić information content (AvgIpc) is 2.96. The van der Waals surface area contributed by atoms with Crippen molar-refractivity contribution in [3.05, 3.63) is 57.5 Å². The summed E-state index contributed by atoms with van der Waals surface area (Å²) in [6.45, 7) is 0. The second-order valence-corrected chi connectivity index (χ2v) is 5.70. The van der Waals surface area contributed by atoms with Crippen LogP contribution >= 0.6 is 27.3 Å². The van der Waals surface area contributed by atoms with E-state index >= 15 is 0 Å². The van der Waals surface area contributed by atoms with Gasteiger partial charge in [0.15, 0.2) is 0 Å². The van der Waals surface area contributed by atoms with Gasteiger partial charge in [0.25, 0.3) is 5.91 Å². The number of anilines is 1. The number of halogens is 1. The fourth-order valence-corrected chi connectivity index (χ4v) is 2.88. The summed E-state index contributed by atoms with van der Waals surface area (Å²) in [6, 6.07) is 11.8. The molecule has 0 atom stereocenters. The van der Waals surface area contributed by atoms with Crippen molar-refractivity contribution in [2.24, 2.45) is 0 Å². The molecule has 0 saturated heterocycles. The molecule has 0 bridgehead atoms. The molecule has 0 saturated carbocycles. The molecule has 19 heavy (non-hydrogen) atoms. The molecule has 3 aromatic rings. The van der Waals surface area contributed by atoms with Gasteiger partial charge in [-0.15, -0.1) is 11.3 Å². The van der Waals surface area contributed by atoms with Gasteiger partial charge in [-0.3, -0.25) is 9.78 Å². The molecule has 1 aromatic heterocycles. The van der Waals surface area contributed by atoms with Crippen molar-refractivity contribution in [1.29, 1.82) is 0 Å². The Balaban J connectivity index is 2.02. The Bertz CT molecular complexity index is 740. The second kappa shape index (κ2) is 5.11. The third kappa shape index (κ3) is 2.39. The first-order chi connectivity index (χ1) is 9.25. The number of rotatable bonds is 2. The summed E-state index contributed by atoms with van der Waals surface area (Å²) in [5.74, 6) is -0.130. The first-order valence-corrected chi connectivity index (χ1v) is 7.30. The molecule has 0 aliphatic heterocycles. The first kappa shape index (κ1) is 12.3. The van der Waals surface area contributed by atoms with Gasteiger partial charge in [0.05, 0.1) is 11.7 Å². The zero-order valence-electron chi connectivity index (χ0n) is 9.76. The van der Waals surface area contributed by atoms with E-state index in [-0.39, 0.29) is 5.91 Å². The maximum absolute atomic E-state index is 12.1. The van der Waals surface area contributed by atoms with Crippen LogP contribution in [-0.4, -0.2) is 10.9 Å².